The lowest BCUT2D eigenvalue weighted by Crippen LogP contribution is -2.25. The number of benzene rings is 1. The zero-order chi connectivity index (χ0) is 20.3. The first-order valence-electron chi connectivity index (χ1n) is 9.60. The molecule has 2 aromatic heterocycles. The molecule has 0 saturated heterocycles. The van der Waals surface area contributed by atoms with Crippen LogP contribution in [0.4, 0.5) is 0 Å². The van der Waals surface area contributed by atoms with Crippen LogP contribution in [0.25, 0.3) is 0 Å². The largest absolute Gasteiger partial charge is 0.286 e. The van der Waals surface area contributed by atoms with Gasteiger partial charge in [-0.15, -0.1) is 5.10 Å². The molecule has 0 fully saturated rings. The Bertz CT molecular complexity index is 944. The fraction of sp³-hybridized carbons (Fsp3) is 0.217. The molecule has 0 saturated carbocycles. The predicted octanol–water partition coefficient (Wildman–Crippen LogP) is 3.88. The van der Waals surface area contributed by atoms with Crippen LogP contribution in [0.15, 0.2) is 89.8 Å². The van der Waals surface area contributed by atoms with Gasteiger partial charge in [0.1, 0.15) is 0 Å². The first-order chi connectivity index (χ1) is 14.3. The number of nitrogens with zero attached hydrogens (tertiary/aromatic N) is 6. The van der Waals surface area contributed by atoms with E-state index >= 15 is 0 Å². The van der Waals surface area contributed by atoms with Crippen molar-refractivity contribution in [3.8, 4) is 0 Å². The van der Waals surface area contributed by atoms with Gasteiger partial charge in [-0.2, -0.15) is 0 Å². The SMILES string of the molecule is C=N/C(=C\C=C/C)CN(Cc1ccccn1)Cc1cn(Cc2ccccc2)nn1. The third-order valence-electron chi connectivity index (χ3n) is 4.34. The molecule has 0 radical (unpaired) electrons. The maximum Gasteiger partial charge on any atom is 0.0967 e. The van der Waals surface area contributed by atoms with Crippen LogP contribution in [0.5, 0.6) is 0 Å². The average Bonchev–Trinajstić information content (AvgIpc) is 3.19. The third-order valence-corrected chi connectivity index (χ3v) is 4.34. The fourth-order valence-corrected chi connectivity index (χ4v) is 2.97. The van der Waals surface area contributed by atoms with E-state index < -0.39 is 0 Å². The molecule has 148 valence electrons. The van der Waals surface area contributed by atoms with Crippen LogP contribution < -0.4 is 0 Å². The highest BCUT2D eigenvalue weighted by atomic mass is 15.4. The Balaban J connectivity index is 1.72. The van der Waals surface area contributed by atoms with Gasteiger partial charge in [0.05, 0.1) is 29.8 Å². The molecular formula is C23H26N6. The van der Waals surface area contributed by atoms with E-state index in [2.05, 4.69) is 44.0 Å². The van der Waals surface area contributed by atoms with Gasteiger partial charge in [0, 0.05) is 25.8 Å². The zero-order valence-electron chi connectivity index (χ0n) is 16.7. The number of hydrogen-bond donors (Lipinski definition) is 0. The van der Waals surface area contributed by atoms with Crippen LogP contribution >= 0.6 is 0 Å². The average molecular weight is 387 g/mol. The minimum absolute atomic E-state index is 0.647. The summed E-state index contributed by atoms with van der Waals surface area (Å²) < 4.78 is 1.87. The minimum atomic E-state index is 0.647. The summed E-state index contributed by atoms with van der Waals surface area (Å²) in [6.07, 6.45) is 9.73. The highest BCUT2D eigenvalue weighted by Gasteiger charge is 2.12. The molecule has 6 heteroatoms. The van der Waals surface area contributed by atoms with Crippen molar-refractivity contribution in [2.75, 3.05) is 6.54 Å². The monoisotopic (exact) mass is 386 g/mol. The van der Waals surface area contributed by atoms with Crippen LogP contribution in [-0.4, -0.2) is 38.1 Å². The van der Waals surface area contributed by atoms with Crippen LogP contribution in [0.2, 0.25) is 0 Å². The number of aliphatic imine (C=N–C) groups is 1. The van der Waals surface area contributed by atoms with Gasteiger partial charge in [0.15, 0.2) is 0 Å². The number of hydrogen-bond acceptors (Lipinski definition) is 5. The quantitative estimate of drug-likeness (QED) is 0.392. The molecule has 1 aromatic carbocycles. The second-order valence-electron chi connectivity index (χ2n) is 6.70. The van der Waals surface area contributed by atoms with E-state index in [4.69, 9.17) is 0 Å². The van der Waals surface area contributed by atoms with Crippen molar-refractivity contribution < 1.29 is 0 Å². The molecule has 0 aliphatic heterocycles. The summed E-state index contributed by atoms with van der Waals surface area (Å²) >= 11 is 0. The number of allylic oxidation sites excluding steroid dienone is 3. The van der Waals surface area contributed by atoms with Crippen molar-refractivity contribution in [3.05, 3.63) is 102 Å². The maximum absolute atomic E-state index is 4.45. The normalized spacial score (nSPS) is 12.0. The van der Waals surface area contributed by atoms with E-state index in [9.17, 15) is 0 Å². The Morgan fingerprint density at radius 1 is 1.10 bits per heavy atom. The Morgan fingerprint density at radius 3 is 2.62 bits per heavy atom. The molecule has 0 unspecified atom stereocenters. The summed E-state index contributed by atoms with van der Waals surface area (Å²) in [7, 11) is 0. The molecule has 3 aromatic rings. The first-order valence-corrected chi connectivity index (χ1v) is 9.60. The molecule has 0 bridgehead atoms. The van der Waals surface area contributed by atoms with Crippen molar-refractivity contribution in [1.82, 2.24) is 24.9 Å². The second kappa shape index (κ2) is 10.8. The van der Waals surface area contributed by atoms with Crippen molar-refractivity contribution in [3.63, 3.8) is 0 Å². The topological polar surface area (TPSA) is 59.2 Å². The van der Waals surface area contributed by atoms with Gasteiger partial charge in [-0.05, 0) is 37.4 Å². The van der Waals surface area contributed by atoms with E-state index in [0.29, 0.717) is 26.2 Å². The summed E-state index contributed by atoms with van der Waals surface area (Å²) in [5, 5.41) is 8.64. The Hall–Kier alpha value is -3.38. The molecule has 0 aliphatic carbocycles. The smallest absolute Gasteiger partial charge is 0.0967 e. The lowest BCUT2D eigenvalue weighted by atomic mass is 10.2. The van der Waals surface area contributed by atoms with Crippen molar-refractivity contribution in [1.29, 1.82) is 0 Å². The predicted molar refractivity (Wildman–Crippen MR) is 116 cm³/mol. The molecular weight excluding hydrogens is 360 g/mol. The first kappa shape index (κ1) is 20.4. The maximum atomic E-state index is 4.45. The fourth-order valence-electron chi connectivity index (χ4n) is 2.97. The van der Waals surface area contributed by atoms with Crippen LogP contribution in [0.1, 0.15) is 23.9 Å². The van der Waals surface area contributed by atoms with Gasteiger partial charge in [-0.1, -0.05) is 53.8 Å². The summed E-state index contributed by atoms with van der Waals surface area (Å²) in [6.45, 7) is 8.37. The van der Waals surface area contributed by atoms with E-state index in [0.717, 1.165) is 17.1 Å². The van der Waals surface area contributed by atoms with Gasteiger partial charge in [-0.3, -0.25) is 14.9 Å². The Morgan fingerprint density at radius 2 is 1.90 bits per heavy atom. The number of pyridine rings is 1. The lowest BCUT2D eigenvalue weighted by Gasteiger charge is -2.20. The van der Waals surface area contributed by atoms with E-state index in [1.54, 1.807) is 0 Å². The highest BCUT2D eigenvalue weighted by Crippen LogP contribution is 2.11. The van der Waals surface area contributed by atoms with Crippen molar-refractivity contribution in [2.45, 2.75) is 26.6 Å². The summed E-state index contributed by atoms with van der Waals surface area (Å²) in [4.78, 5) is 10.9. The summed E-state index contributed by atoms with van der Waals surface area (Å²) in [5.41, 5.74) is 4.00. The van der Waals surface area contributed by atoms with E-state index in [-0.39, 0.29) is 0 Å². The zero-order valence-corrected chi connectivity index (χ0v) is 16.7. The van der Waals surface area contributed by atoms with Crippen molar-refractivity contribution >= 4 is 6.72 Å². The molecule has 0 spiro atoms. The number of aromatic nitrogens is 4. The molecule has 2 heterocycles. The third kappa shape index (κ3) is 6.62. The second-order valence-corrected chi connectivity index (χ2v) is 6.70. The summed E-state index contributed by atoms with van der Waals surface area (Å²) in [5.74, 6) is 0. The highest BCUT2D eigenvalue weighted by molar-refractivity contribution is 5.30. The summed E-state index contributed by atoms with van der Waals surface area (Å²) in [6, 6.07) is 16.2. The van der Waals surface area contributed by atoms with Crippen molar-refractivity contribution in [2.24, 2.45) is 4.99 Å². The molecule has 3 rings (SSSR count). The molecule has 0 atom stereocenters. The van der Waals surface area contributed by atoms with Gasteiger partial charge in [-0.25, -0.2) is 4.68 Å². The number of rotatable bonds is 10. The standard InChI is InChI=1S/C23H26N6/c1-3-4-12-21(24-2)16-28(17-22-13-8-9-14-25-22)18-23-19-29(27-26-23)15-20-10-6-5-7-11-20/h3-14,19H,2,15-18H2,1H3/b4-3-,21-12-. The van der Waals surface area contributed by atoms with Gasteiger partial charge in [0.2, 0.25) is 0 Å². The molecule has 0 N–H and O–H groups in total. The van der Waals surface area contributed by atoms with E-state index in [1.165, 1.54) is 5.56 Å². The van der Waals surface area contributed by atoms with Gasteiger partial charge in [0.25, 0.3) is 0 Å². The van der Waals surface area contributed by atoms with Gasteiger partial charge >= 0.3 is 0 Å². The molecule has 29 heavy (non-hydrogen) atoms. The minimum Gasteiger partial charge on any atom is -0.286 e. The lowest BCUT2D eigenvalue weighted by molar-refractivity contribution is 0.272. The Labute approximate surface area is 171 Å². The van der Waals surface area contributed by atoms with Gasteiger partial charge < -0.3 is 0 Å². The van der Waals surface area contributed by atoms with Crippen LogP contribution in [-0.2, 0) is 19.6 Å². The van der Waals surface area contributed by atoms with Crippen LogP contribution in [0.3, 0.4) is 0 Å². The molecule has 6 nitrogen and oxygen atoms in total. The Kier molecular flexibility index (Phi) is 7.60. The molecule has 0 amide bonds. The molecule has 0 aliphatic rings. The van der Waals surface area contributed by atoms with Crippen LogP contribution in [0, 0.1) is 0 Å². The van der Waals surface area contributed by atoms with E-state index in [1.807, 2.05) is 78.6 Å².